The van der Waals surface area contributed by atoms with Crippen LogP contribution in [0.5, 0.6) is 5.75 Å². The standard InChI is InChI=1S/C7H9O3P.H2O/c1-9-11(8)10-7-5-3-2-4-6-7;/h2-6,11H,1H3;1H2. The Balaban J connectivity index is 0.00000121. The minimum absolute atomic E-state index is 0. The van der Waals surface area contributed by atoms with Crippen LogP contribution in [0.3, 0.4) is 0 Å². The van der Waals surface area contributed by atoms with Crippen LogP contribution in [0, 0.1) is 0 Å². The summed E-state index contributed by atoms with van der Waals surface area (Å²) in [4.78, 5) is 0. The van der Waals surface area contributed by atoms with Crippen LogP contribution in [-0.2, 0) is 9.09 Å². The fourth-order valence-corrected chi connectivity index (χ4v) is 1.04. The first-order valence-electron chi connectivity index (χ1n) is 3.14. The van der Waals surface area contributed by atoms with Gasteiger partial charge in [-0.1, -0.05) is 18.2 Å². The smallest absolute Gasteiger partial charge is 0.367 e. The van der Waals surface area contributed by atoms with Crippen molar-refractivity contribution in [1.29, 1.82) is 0 Å². The van der Waals surface area contributed by atoms with Gasteiger partial charge in [-0.15, -0.1) is 0 Å². The molecule has 0 aliphatic carbocycles. The van der Waals surface area contributed by atoms with Crippen molar-refractivity contribution < 1.29 is 19.1 Å². The lowest BCUT2D eigenvalue weighted by Crippen LogP contribution is -1.80. The molecule has 0 fully saturated rings. The van der Waals surface area contributed by atoms with E-state index in [0.29, 0.717) is 5.75 Å². The Bertz CT molecular complexity index is 236. The van der Waals surface area contributed by atoms with Crippen LogP contribution >= 0.6 is 8.25 Å². The summed E-state index contributed by atoms with van der Waals surface area (Å²) in [5.41, 5.74) is 0. The van der Waals surface area contributed by atoms with Gasteiger partial charge in [0.2, 0.25) is 0 Å². The largest absolute Gasteiger partial charge is 0.426 e. The summed E-state index contributed by atoms with van der Waals surface area (Å²) in [6.45, 7) is 0. The van der Waals surface area contributed by atoms with Crippen LogP contribution in [0.2, 0.25) is 0 Å². The van der Waals surface area contributed by atoms with Gasteiger partial charge in [0, 0.05) is 7.11 Å². The molecule has 0 amide bonds. The minimum Gasteiger partial charge on any atom is -0.426 e. The van der Waals surface area contributed by atoms with E-state index in [4.69, 9.17) is 4.52 Å². The zero-order valence-electron chi connectivity index (χ0n) is 6.61. The number of hydrogen-bond donors (Lipinski definition) is 0. The lowest BCUT2D eigenvalue weighted by atomic mass is 10.3. The van der Waals surface area contributed by atoms with Crippen molar-refractivity contribution in [2.75, 3.05) is 7.11 Å². The van der Waals surface area contributed by atoms with Crippen molar-refractivity contribution >= 4 is 8.25 Å². The predicted octanol–water partition coefficient (Wildman–Crippen LogP) is 1.28. The molecule has 1 unspecified atom stereocenters. The highest BCUT2D eigenvalue weighted by molar-refractivity contribution is 7.33. The summed E-state index contributed by atoms with van der Waals surface area (Å²) in [6.07, 6.45) is 0. The van der Waals surface area contributed by atoms with Crippen molar-refractivity contribution in [3.05, 3.63) is 30.3 Å². The van der Waals surface area contributed by atoms with E-state index in [-0.39, 0.29) is 5.48 Å². The van der Waals surface area contributed by atoms with Crippen LogP contribution in [0.4, 0.5) is 0 Å². The number of benzene rings is 1. The molecule has 4 nitrogen and oxygen atoms in total. The maximum absolute atomic E-state index is 10.7. The molecule has 0 aromatic heterocycles. The van der Waals surface area contributed by atoms with E-state index in [1.54, 1.807) is 24.3 Å². The minimum atomic E-state index is -2.33. The Labute approximate surface area is 71.4 Å². The molecule has 0 heterocycles. The quantitative estimate of drug-likeness (QED) is 0.674. The van der Waals surface area contributed by atoms with Gasteiger partial charge in [0.25, 0.3) is 0 Å². The third-order valence-corrected chi connectivity index (χ3v) is 1.85. The Morgan fingerprint density at radius 1 is 1.25 bits per heavy atom. The highest BCUT2D eigenvalue weighted by atomic mass is 31.1. The first-order chi connectivity index (χ1) is 5.33. The molecular formula is C7H11O4P. The van der Waals surface area contributed by atoms with Gasteiger partial charge in [-0.05, 0) is 12.1 Å². The van der Waals surface area contributed by atoms with E-state index in [2.05, 4.69) is 4.52 Å². The van der Waals surface area contributed by atoms with E-state index in [1.807, 2.05) is 6.07 Å². The van der Waals surface area contributed by atoms with Gasteiger partial charge in [0.1, 0.15) is 5.75 Å². The van der Waals surface area contributed by atoms with E-state index >= 15 is 0 Å². The first-order valence-corrected chi connectivity index (χ1v) is 4.36. The molecule has 1 aromatic carbocycles. The summed E-state index contributed by atoms with van der Waals surface area (Å²) < 4.78 is 20.1. The molecule has 0 radical (unpaired) electrons. The topological polar surface area (TPSA) is 67.0 Å². The second-order valence-corrected chi connectivity index (χ2v) is 2.98. The fourth-order valence-electron chi connectivity index (χ4n) is 0.626. The molecule has 0 saturated carbocycles. The normalized spacial score (nSPS) is 11.4. The molecule has 1 aromatic rings. The first kappa shape index (κ1) is 11.2. The average molecular weight is 190 g/mol. The van der Waals surface area contributed by atoms with Crippen molar-refractivity contribution in [1.82, 2.24) is 0 Å². The highest BCUT2D eigenvalue weighted by Gasteiger charge is 1.96. The zero-order chi connectivity index (χ0) is 8.10. The van der Waals surface area contributed by atoms with E-state index in [0.717, 1.165) is 0 Å². The van der Waals surface area contributed by atoms with Gasteiger partial charge in [-0.2, -0.15) is 0 Å². The maximum atomic E-state index is 10.7. The van der Waals surface area contributed by atoms with Gasteiger partial charge >= 0.3 is 8.25 Å². The number of rotatable bonds is 3. The van der Waals surface area contributed by atoms with Crippen molar-refractivity contribution in [3.63, 3.8) is 0 Å². The molecule has 0 saturated heterocycles. The number of para-hydroxylation sites is 1. The molecule has 0 aliphatic heterocycles. The third-order valence-electron chi connectivity index (χ3n) is 1.11. The molecule has 2 N–H and O–H groups in total. The van der Waals surface area contributed by atoms with E-state index < -0.39 is 8.25 Å². The lowest BCUT2D eigenvalue weighted by molar-refractivity contribution is 0.349. The summed E-state index contributed by atoms with van der Waals surface area (Å²) in [5, 5.41) is 0. The van der Waals surface area contributed by atoms with E-state index in [9.17, 15) is 4.57 Å². The summed E-state index contributed by atoms with van der Waals surface area (Å²) in [6, 6.07) is 8.92. The Hall–Kier alpha value is -0.830. The Kier molecular flexibility index (Phi) is 5.37. The maximum Gasteiger partial charge on any atom is 0.367 e. The summed E-state index contributed by atoms with van der Waals surface area (Å²) in [7, 11) is -0.980. The second kappa shape index (κ2) is 5.77. The van der Waals surface area contributed by atoms with Crippen molar-refractivity contribution in [2.45, 2.75) is 0 Å². The molecule has 0 aliphatic rings. The number of hydrogen-bond acceptors (Lipinski definition) is 3. The molecular weight excluding hydrogens is 179 g/mol. The molecule has 12 heavy (non-hydrogen) atoms. The second-order valence-electron chi connectivity index (χ2n) is 1.87. The molecule has 1 atom stereocenters. The molecule has 0 spiro atoms. The highest BCUT2D eigenvalue weighted by Crippen LogP contribution is 2.25. The Morgan fingerprint density at radius 2 is 1.83 bits per heavy atom. The third kappa shape index (κ3) is 3.53. The van der Waals surface area contributed by atoms with Gasteiger partial charge in [-0.3, -0.25) is 0 Å². The van der Waals surface area contributed by atoms with Gasteiger partial charge in [0.15, 0.2) is 0 Å². The van der Waals surface area contributed by atoms with Crippen LogP contribution in [0.15, 0.2) is 30.3 Å². The lowest BCUT2D eigenvalue weighted by Gasteiger charge is -2.01. The van der Waals surface area contributed by atoms with Crippen LogP contribution in [0.1, 0.15) is 0 Å². The summed E-state index contributed by atoms with van der Waals surface area (Å²) in [5.74, 6) is 0.568. The fraction of sp³-hybridized carbons (Fsp3) is 0.143. The zero-order valence-corrected chi connectivity index (χ0v) is 7.61. The van der Waals surface area contributed by atoms with Crippen molar-refractivity contribution in [3.8, 4) is 5.75 Å². The molecule has 5 heteroatoms. The summed E-state index contributed by atoms with van der Waals surface area (Å²) >= 11 is 0. The Morgan fingerprint density at radius 3 is 2.33 bits per heavy atom. The molecule has 0 bridgehead atoms. The molecule has 68 valence electrons. The van der Waals surface area contributed by atoms with Gasteiger partial charge < -0.3 is 14.5 Å². The predicted molar refractivity (Wildman–Crippen MR) is 46.7 cm³/mol. The molecule has 1 rings (SSSR count). The monoisotopic (exact) mass is 190 g/mol. The van der Waals surface area contributed by atoms with Crippen molar-refractivity contribution in [2.24, 2.45) is 0 Å². The van der Waals surface area contributed by atoms with Crippen LogP contribution < -0.4 is 4.52 Å². The van der Waals surface area contributed by atoms with E-state index in [1.165, 1.54) is 7.11 Å². The van der Waals surface area contributed by atoms with Gasteiger partial charge in [-0.25, -0.2) is 4.57 Å². The van der Waals surface area contributed by atoms with Crippen LogP contribution in [-0.4, -0.2) is 12.6 Å². The van der Waals surface area contributed by atoms with Crippen LogP contribution in [0.25, 0.3) is 0 Å². The SMILES string of the molecule is CO[PH](=O)Oc1ccccc1.O. The average Bonchev–Trinajstić information content (AvgIpc) is 2.06. The van der Waals surface area contributed by atoms with Gasteiger partial charge in [0.05, 0.1) is 0 Å².